The summed E-state index contributed by atoms with van der Waals surface area (Å²) in [6.45, 7) is 6.17. The van der Waals surface area contributed by atoms with Crippen LogP contribution in [0.25, 0.3) is 22.0 Å². The van der Waals surface area contributed by atoms with Crippen molar-refractivity contribution in [1.82, 2.24) is 24.6 Å². The normalized spacial score (nSPS) is 14.7. The number of H-pyrrole nitrogens is 1. The highest BCUT2D eigenvalue weighted by atomic mass is 32.2. The number of rotatable bonds is 8. The van der Waals surface area contributed by atoms with Gasteiger partial charge in [0.1, 0.15) is 11.6 Å². The average Bonchev–Trinajstić information content (AvgIpc) is 3.36. The molecule has 0 spiro atoms. The van der Waals surface area contributed by atoms with Gasteiger partial charge in [-0.15, -0.1) is 0 Å². The highest BCUT2D eigenvalue weighted by molar-refractivity contribution is 7.91. The number of carbonyl (C=O) groups excluding carboxylic acids is 1. The fraction of sp³-hybridized carbons (Fsp3) is 0.379. The Morgan fingerprint density at radius 2 is 1.88 bits per heavy atom. The summed E-state index contributed by atoms with van der Waals surface area (Å²) >= 11 is 0. The Bertz CT molecular complexity index is 1680. The maximum atomic E-state index is 12.8. The van der Waals surface area contributed by atoms with Gasteiger partial charge in [-0.2, -0.15) is 5.10 Å². The second kappa shape index (κ2) is 11.2. The molecular weight excluding hydrogens is 528 g/mol. The third-order valence-corrected chi connectivity index (χ3v) is 7.89. The lowest BCUT2D eigenvalue weighted by atomic mass is 9.89. The Balaban J connectivity index is 1.34. The number of amides is 1. The molecule has 2 N–H and O–H groups in total. The van der Waals surface area contributed by atoms with E-state index in [0.717, 1.165) is 53.5 Å². The molecule has 0 saturated carbocycles. The summed E-state index contributed by atoms with van der Waals surface area (Å²) in [5.74, 6) is 0.446. The van der Waals surface area contributed by atoms with Gasteiger partial charge < -0.3 is 15.2 Å². The van der Waals surface area contributed by atoms with Gasteiger partial charge in [-0.1, -0.05) is 26.0 Å². The van der Waals surface area contributed by atoms with Gasteiger partial charge in [0.05, 0.1) is 17.3 Å². The highest BCUT2D eigenvalue weighted by Gasteiger charge is 2.25. The lowest BCUT2D eigenvalue weighted by Gasteiger charge is -2.32. The first-order valence-electron chi connectivity index (χ1n) is 13.4. The van der Waals surface area contributed by atoms with E-state index in [1.165, 1.54) is 0 Å². The number of sulfone groups is 1. The molecular formula is C29H34N6O4S. The van der Waals surface area contributed by atoms with Crippen LogP contribution in [0.3, 0.4) is 0 Å². The van der Waals surface area contributed by atoms with Gasteiger partial charge in [-0.3, -0.25) is 14.3 Å². The van der Waals surface area contributed by atoms with E-state index in [1.54, 1.807) is 17.3 Å². The summed E-state index contributed by atoms with van der Waals surface area (Å²) in [5.41, 5.74) is 3.34. The lowest BCUT2D eigenvalue weighted by Crippen LogP contribution is -2.40. The van der Waals surface area contributed by atoms with E-state index in [1.807, 2.05) is 47.3 Å². The molecule has 0 radical (unpaired) electrons. The number of carbonyl (C=O) groups is 1. The SMILES string of the molecule is CC(C)Cn1cc(-c2cc3cc[nH]c(=O)c3c(Nc3ccc(C4CCN(C(=O)CS(C)(=O)=O)CC4)cc3)n2)cn1. The van der Waals surface area contributed by atoms with Crippen LogP contribution in [0.15, 0.2) is 59.8 Å². The van der Waals surface area contributed by atoms with E-state index in [-0.39, 0.29) is 17.4 Å². The van der Waals surface area contributed by atoms with E-state index < -0.39 is 15.6 Å². The van der Waals surface area contributed by atoms with Gasteiger partial charge in [0.2, 0.25) is 5.91 Å². The fourth-order valence-electron chi connectivity index (χ4n) is 5.18. The number of hydrogen-bond acceptors (Lipinski definition) is 7. The molecule has 5 rings (SSSR count). The van der Waals surface area contributed by atoms with Crippen LogP contribution in [-0.2, 0) is 21.2 Å². The second-order valence-corrected chi connectivity index (χ2v) is 13.1. The van der Waals surface area contributed by atoms with Crippen LogP contribution in [0.1, 0.15) is 38.2 Å². The van der Waals surface area contributed by atoms with Crippen molar-refractivity contribution in [2.45, 2.75) is 39.2 Å². The Morgan fingerprint density at radius 3 is 2.55 bits per heavy atom. The molecule has 10 nitrogen and oxygen atoms in total. The summed E-state index contributed by atoms with van der Waals surface area (Å²) in [6.07, 6.45) is 8.03. The van der Waals surface area contributed by atoms with Crippen molar-refractivity contribution in [3.63, 3.8) is 0 Å². The molecule has 1 aromatic carbocycles. The number of nitrogens with zero attached hydrogens (tertiary/aromatic N) is 4. The molecule has 40 heavy (non-hydrogen) atoms. The number of nitrogens with one attached hydrogen (secondary N) is 2. The molecule has 0 aliphatic carbocycles. The zero-order valence-electron chi connectivity index (χ0n) is 22.9. The molecule has 1 saturated heterocycles. The van der Waals surface area contributed by atoms with Crippen LogP contribution in [0.4, 0.5) is 11.5 Å². The number of benzene rings is 1. The molecule has 0 unspecified atom stereocenters. The minimum absolute atomic E-state index is 0.219. The van der Waals surface area contributed by atoms with Crippen LogP contribution >= 0.6 is 0 Å². The first kappa shape index (κ1) is 27.6. The molecule has 1 aliphatic heterocycles. The molecule has 1 aliphatic rings. The molecule has 0 atom stereocenters. The highest BCUT2D eigenvalue weighted by Crippen LogP contribution is 2.31. The van der Waals surface area contributed by atoms with Crippen LogP contribution < -0.4 is 10.9 Å². The molecule has 11 heteroatoms. The third kappa shape index (κ3) is 6.41. The first-order chi connectivity index (χ1) is 19.1. The number of piperidine rings is 1. The smallest absolute Gasteiger partial charge is 0.259 e. The van der Waals surface area contributed by atoms with Crippen LogP contribution in [0.5, 0.6) is 0 Å². The summed E-state index contributed by atoms with van der Waals surface area (Å²) in [6, 6.07) is 11.8. The minimum atomic E-state index is -3.34. The molecule has 1 fully saturated rings. The van der Waals surface area contributed by atoms with Crippen molar-refractivity contribution >= 4 is 38.0 Å². The summed E-state index contributed by atoms with van der Waals surface area (Å²) in [5, 5.41) is 9.07. The largest absolute Gasteiger partial charge is 0.342 e. The van der Waals surface area contributed by atoms with E-state index >= 15 is 0 Å². The van der Waals surface area contributed by atoms with Gasteiger partial charge >= 0.3 is 0 Å². The molecule has 210 valence electrons. The van der Waals surface area contributed by atoms with Crippen LogP contribution in [0.2, 0.25) is 0 Å². The standard InChI is InChI=1S/C29H34N6O4S/c1-19(2)16-35-17-23(15-31-35)25-14-22-8-11-30-29(37)27(22)28(33-25)32-24-6-4-20(5-7-24)21-9-12-34(13-10-21)26(36)18-40(3,38)39/h4-8,11,14-15,17,19,21H,9-10,12-13,16,18H2,1-3H3,(H,30,37)(H,32,33). The summed E-state index contributed by atoms with van der Waals surface area (Å²) in [4.78, 5) is 34.2. The number of fused-ring (bicyclic) bond motifs is 1. The Labute approximate surface area is 233 Å². The van der Waals surface area contributed by atoms with Crippen LogP contribution in [-0.4, -0.2) is 64.1 Å². The Morgan fingerprint density at radius 1 is 1.15 bits per heavy atom. The Hall–Kier alpha value is -3.99. The molecule has 4 heterocycles. The Kier molecular flexibility index (Phi) is 7.75. The van der Waals surface area contributed by atoms with Crippen molar-refractivity contribution < 1.29 is 13.2 Å². The molecule has 0 bridgehead atoms. The quantitative estimate of drug-likeness (QED) is 0.333. The predicted molar refractivity (Wildman–Crippen MR) is 156 cm³/mol. The maximum Gasteiger partial charge on any atom is 0.259 e. The fourth-order valence-corrected chi connectivity index (χ4v) is 5.81. The first-order valence-corrected chi connectivity index (χ1v) is 15.5. The zero-order chi connectivity index (χ0) is 28.4. The molecule has 1 amide bonds. The van der Waals surface area contributed by atoms with Crippen molar-refractivity contribution in [1.29, 1.82) is 0 Å². The topological polar surface area (TPSA) is 130 Å². The number of anilines is 2. The van der Waals surface area contributed by atoms with Gasteiger partial charge in [0.25, 0.3) is 5.56 Å². The predicted octanol–water partition coefficient (Wildman–Crippen LogP) is 3.94. The van der Waals surface area contributed by atoms with E-state index in [2.05, 4.69) is 29.2 Å². The lowest BCUT2D eigenvalue weighted by molar-refractivity contribution is -0.129. The van der Waals surface area contributed by atoms with Crippen molar-refractivity contribution in [3.05, 3.63) is 70.9 Å². The second-order valence-electron chi connectivity index (χ2n) is 10.9. The van der Waals surface area contributed by atoms with Gasteiger partial charge in [-0.05, 0) is 59.9 Å². The van der Waals surface area contributed by atoms with E-state index in [9.17, 15) is 18.0 Å². The number of aromatic amines is 1. The van der Waals surface area contributed by atoms with Gasteiger partial charge in [-0.25, -0.2) is 13.4 Å². The van der Waals surface area contributed by atoms with Gasteiger partial charge in [0.15, 0.2) is 9.84 Å². The summed E-state index contributed by atoms with van der Waals surface area (Å²) in [7, 11) is -3.34. The van der Waals surface area contributed by atoms with E-state index in [0.29, 0.717) is 30.2 Å². The third-order valence-electron chi connectivity index (χ3n) is 7.11. The zero-order valence-corrected chi connectivity index (χ0v) is 23.7. The summed E-state index contributed by atoms with van der Waals surface area (Å²) < 4.78 is 24.8. The number of aromatic nitrogens is 4. The van der Waals surface area contributed by atoms with Crippen LogP contribution in [0, 0.1) is 5.92 Å². The van der Waals surface area contributed by atoms with Crippen molar-refractivity contribution in [2.24, 2.45) is 5.92 Å². The van der Waals surface area contributed by atoms with Crippen molar-refractivity contribution in [3.8, 4) is 11.3 Å². The average molecular weight is 563 g/mol. The van der Waals surface area contributed by atoms with Crippen molar-refractivity contribution in [2.75, 3.05) is 30.4 Å². The minimum Gasteiger partial charge on any atom is -0.342 e. The number of hydrogen-bond donors (Lipinski definition) is 2. The molecule has 3 aromatic heterocycles. The number of pyridine rings is 2. The van der Waals surface area contributed by atoms with E-state index in [4.69, 9.17) is 4.98 Å². The van der Waals surface area contributed by atoms with Gasteiger partial charge in [0, 0.05) is 49.5 Å². The number of likely N-dealkylation sites (tertiary alicyclic amines) is 1. The molecule has 4 aromatic rings. The monoisotopic (exact) mass is 562 g/mol. The maximum absolute atomic E-state index is 12.8.